The molecule has 0 unspecified atom stereocenters. The third kappa shape index (κ3) is 4.69. The largest absolute Gasteiger partial charge is 0.478 e. The van der Waals surface area contributed by atoms with Gasteiger partial charge in [-0.3, -0.25) is 0 Å². The molecule has 0 atom stereocenters. The molecule has 0 saturated heterocycles. The van der Waals surface area contributed by atoms with Crippen molar-refractivity contribution in [1.82, 2.24) is 9.97 Å². The van der Waals surface area contributed by atoms with Crippen LogP contribution in [-0.2, 0) is 21.4 Å². The summed E-state index contributed by atoms with van der Waals surface area (Å²) in [6.07, 6.45) is 3.34. The van der Waals surface area contributed by atoms with Gasteiger partial charge in [0.1, 0.15) is 11.5 Å². The van der Waals surface area contributed by atoms with Crippen molar-refractivity contribution in [1.29, 1.82) is 0 Å². The minimum Gasteiger partial charge on any atom is -0.478 e. The number of nitrogens with one attached hydrogen (secondary N) is 2. The molecule has 4 aromatic rings. The molecule has 0 aliphatic rings. The predicted octanol–water partition coefficient (Wildman–Crippen LogP) is 3.45. The molecule has 4 rings (SSSR count). The Morgan fingerprint density at radius 2 is 1.78 bits per heavy atom. The summed E-state index contributed by atoms with van der Waals surface area (Å²) in [5, 5.41) is 18.7. The fraction of sp³-hybridized carbons (Fsp3) is 0.0435. The number of hydrogen-bond donors (Lipinski definition) is 4. The molecular weight excluding hydrogens is 428 g/mol. The standard InChI is InChI=1S/C23H20N4O4S/c24-32(30,31)18-8-6-15(7-9-18)13-25-21-11-10-19-17(14-26-22(19)27-21)12-20(23(28)29)16-4-2-1-3-5-16/h1-12,14H,13H2,(H,28,29)(H2,24,30,31)(H2,25,26,27). The lowest BCUT2D eigenvalue weighted by Crippen LogP contribution is -2.12. The summed E-state index contributed by atoms with van der Waals surface area (Å²) in [4.78, 5) is 19.4. The highest BCUT2D eigenvalue weighted by Gasteiger charge is 2.12. The number of aliphatic carboxylic acids is 1. The van der Waals surface area contributed by atoms with Crippen LogP contribution in [0.25, 0.3) is 22.7 Å². The van der Waals surface area contributed by atoms with E-state index in [1.165, 1.54) is 12.1 Å². The van der Waals surface area contributed by atoms with Crippen molar-refractivity contribution >= 4 is 44.5 Å². The lowest BCUT2D eigenvalue weighted by Gasteiger charge is -2.07. The zero-order valence-corrected chi connectivity index (χ0v) is 17.6. The Bertz CT molecular complexity index is 1410. The van der Waals surface area contributed by atoms with Gasteiger partial charge in [-0.1, -0.05) is 42.5 Å². The smallest absolute Gasteiger partial charge is 0.336 e. The topological polar surface area (TPSA) is 138 Å². The lowest BCUT2D eigenvalue weighted by atomic mass is 10.0. The summed E-state index contributed by atoms with van der Waals surface area (Å²) >= 11 is 0. The first-order chi connectivity index (χ1) is 15.3. The van der Waals surface area contributed by atoms with Gasteiger partial charge in [0.05, 0.1) is 10.5 Å². The van der Waals surface area contributed by atoms with Crippen molar-refractivity contribution in [2.45, 2.75) is 11.4 Å². The maximum Gasteiger partial charge on any atom is 0.336 e. The third-order valence-corrected chi connectivity index (χ3v) is 5.84. The Hall–Kier alpha value is -3.95. The molecule has 9 heteroatoms. The van der Waals surface area contributed by atoms with E-state index in [0.29, 0.717) is 23.6 Å². The zero-order valence-electron chi connectivity index (χ0n) is 16.8. The minimum absolute atomic E-state index is 0.0593. The maximum atomic E-state index is 11.8. The first-order valence-corrected chi connectivity index (χ1v) is 11.2. The Balaban J connectivity index is 1.54. The molecule has 0 bridgehead atoms. The summed E-state index contributed by atoms with van der Waals surface area (Å²) < 4.78 is 22.7. The zero-order chi connectivity index (χ0) is 22.7. The average molecular weight is 449 g/mol. The molecule has 0 aliphatic carbocycles. The lowest BCUT2D eigenvalue weighted by molar-refractivity contribution is -0.130. The number of anilines is 1. The van der Waals surface area contributed by atoms with Crippen LogP contribution in [0.15, 0.2) is 77.8 Å². The van der Waals surface area contributed by atoms with Crippen LogP contribution in [0.4, 0.5) is 5.82 Å². The van der Waals surface area contributed by atoms with Gasteiger partial charge in [-0.15, -0.1) is 0 Å². The second-order valence-electron chi connectivity index (χ2n) is 7.11. The van der Waals surface area contributed by atoms with Crippen molar-refractivity contribution in [3.63, 3.8) is 0 Å². The van der Waals surface area contributed by atoms with Crippen LogP contribution in [0.1, 0.15) is 16.7 Å². The maximum absolute atomic E-state index is 11.8. The number of hydrogen-bond acceptors (Lipinski definition) is 5. The monoisotopic (exact) mass is 448 g/mol. The number of benzene rings is 2. The Morgan fingerprint density at radius 3 is 2.44 bits per heavy atom. The van der Waals surface area contributed by atoms with Crippen molar-refractivity contribution in [3.8, 4) is 0 Å². The number of aromatic amines is 1. The second-order valence-corrected chi connectivity index (χ2v) is 8.67. The van der Waals surface area contributed by atoms with Crippen LogP contribution in [-0.4, -0.2) is 29.5 Å². The summed E-state index contributed by atoms with van der Waals surface area (Å²) in [6, 6.07) is 18.9. The van der Waals surface area contributed by atoms with Gasteiger partial charge in [-0.25, -0.2) is 23.3 Å². The Labute approximate surface area is 184 Å². The van der Waals surface area contributed by atoms with Gasteiger partial charge in [-0.05, 0) is 41.5 Å². The molecule has 162 valence electrons. The molecule has 0 aliphatic heterocycles. The molecule has 2 aromatic heterocycles. The van der Waals surface area contributed by atoms with E-state index in [2.05, 4.69) is 15.3 Å². The van der Waals surface area contributed by atoms with E-state index in [1.54, 1.807) is 54.7 Å². The summed E-state index contributed by atoms with van der Waals surface area (Å²) in [5.74, 6) is -0.392. The number of nitrogens with two attached hydrogens (primary N) is 1. The van der Waals surface area contributed by atoms with E-state index in [9.17, 15) is 18.3 Å². The number of H-pyrrole nitrogens is 1. The van der Waals surface area contributed by atoms with E-state index < -0.39 is 16.0 Å². The number of nitrogens with zero attached hydrogens (tertiary/aromatic N) is 1. The fourth-order valence-corrected chi connectivity index (χ4v) is 3.79. The highest BCUT2D eigenvalue weighted by molar-refractivity contribution is 7.89. The fourth-order valence-electron chi connectivity index (χ4n) is 3.28. The number of aromatic nitrogens is 2. The highest BCUT2D eigenvalue weighted by Crippen LogP contribution is 2.25. The van der Waals surface area contributed by atoms with Gasteiger partial charge in [0.25, 0.3) is 0 Å². The SMILES string of the molecule is NS(=O)(=O)c1ccc(CNc2ccc3c(C=C(C(=O)O)c4ccccc4)c[nH]c3n2)cc1. The molecular formula is C23H20N4O4S. The van der Waals surface area contributed by atoms with E-state index in [0.717, 1.165) is 16.5 Å². The second kappa shape index (κ2) is 8.66. The summed E-state index contributed by atoms with van der Waals surface area (Å²) in [6.45, 7) is 0.439. The first kappa shape index (κ1) is 21.3. The Kier molecular flexibility index (Phi) is 5.76. The number of sulfonamides is 1. The van der Waals surface area contributed by atoms with Crippen molar-refractivity contribution in [2.75, 3.05) is 5.32 Å². The third-order valence-electron chi connectivity index (χ3n) is 4.91. The van der Waals surface area contributed by atoms with E-state index >= 15 is 0 Å². The van der Waals surface area contributed by atoms with Gasteiger partial charge < -0.3 is 15.4 Å². The number of fused-ring (bicyclic) bond motifs is 1. The number of carbonyl (C=O) groups is 1. The number of carboxylic acids is 1. The van der Waals surface area contributed by atoms with Crippen LogP contribution in [0, 0.1) is 0 Å². The van der Waals surface area contributed by atoms with Crippen LogP contribution < -0.4 is 10.5 Å². The van der Waals surface area contributed by atoms with Crippen LogP contribution in [0.2, 0.25) is 0 Å². The highest BCUT2D eigenvalue weighted by atomic mass is 32.2. The van der Waals surface area contributed by atoms with Gasteiger partial charge >= 0.3 is 5.97 Å². The van der Waals surface area contributed by atoms with Crippen molar-refractivity contribution < 1.29 is 18.3 Å². The molecule has 0 radical (unpaired) electrons. The molecule has 0 fully saturated rings. The summed E-state index contributed by atoms with van der Waals surface area (Å²) in [5.41, 5.74) is 3.01. The van der Waals surface area contributed by atoms with Gasteiger partial charge in [0.15, 0.2) is 0 Å². The van der Waals surface area contributed by atoms with Crippen molar-refractivity contribution in [2.24, 2.45) is 5.14 Å². The van der Waals surface area contributed by atoms with Crippen LogP contribution in [0.3, 0.4) is 0 Å². The number of carboxylic acid groups (broad SMARTS) is 1. The predicted molar refractivity (Wildman–Crippen MR) is 123 cm³/mol. The quantitative estimate of drug-likeness (QED) is 0.320. The number of pyridine rings is 1. The molecule has 5 N–H and O–H groups in total. The summed E-state index contributed by atoms with van der Waals surface area (Å²) in [7, 11) is -3.72. The van der Waals surface area contributed by atoms with E-state index in [-0.39, 0.29) is 10.5 Å². The average Bonchev–Trinajstić information content (AvgIpc) is 3.18. The van der Waals surface area contributed by atoms with Gasteiger partial charge in [0, 0.05) is 23.7 Å². The Morgan fingerprint density at radius 1 is 1.06 bits per heavy atom. The van der Waals surface area contributed by atoms with E-state index in [4.69, 9.17) is 5.14 Å². The normalized spacial score (nSPS) is 12.1. The van der Waals surface area contributed by atoms with Gasteiger partial charge in [-0.2, -0.15) is 0 Å². The van der Waals surface area contributed by atoms with E-state index in [1.807, 2.05) is 12.1 Å². The number of rotatable bonds is 7. The molecule has 8 nitrogen and oxygen atoms in total. The molecule has 32 heavy (non-hydrogen) atoms. The van der Waals surface area contributed by atoms with Crippen LogP contribution in [0.5, 0.6) is 0 Å². The molecule has 0 spiro atoms. The minimum atomic E-state index is -3.72. The molecule has 2 heterocycles. The molecule has 2 aromatic carbocycles. The number of primary sulfonamides is 1. The molecule has 0 saturated carbocycles. The first-order valence-electron chi connectivity index (χ1n) is 9.65. The van der Waals surface area contributed by atoms with Gasteiger partial charge in [0.2, 0.25) is 10.0 Å². The molecule has 0 amide bonds. The van der Waals surface area contributed by atoms with Crippen LogP contribution >= 0.6 is 0 Å². The van der Waals surface area contributed by atoms with Crippen molar-refractivity contribution in [3.05, 3.63) is 89.6 Å².